The van der Waals surface area contributed by atoms with E-state index in [0.29, 0.717) is 0 Å². The summed E-state index contributed by atoms with van der Waals surface area (Å²) < 4.78 is 0. The molecule has 194 valence electrons. The molecule has 0 heterocycles. The molecule has 0 radical (unpaired) electrons. The van der Waals surface area contributed by atoms with Crippen molar-refractivity contribution in [3.8, 4) is 0 Å². The van der Waals surface area contributed by atoms with Gasteiger partial charge in [0.1, 0.15) is 0 Å². The van der Waals surface area contributed by atoms with Crippen molar-refractivity contribution in [1.82, 2.24) is 0 Å². The lowest BCUT2D eigenvalue weighted by molar-refractivity contribution is 0.312. The van der Waals surface area contributed by atoms with Gasteiger partial charge >= 0.3 is 0 Å². The zero-order valence-electron chi connectivity index (χ0n) is 23.5. The van der Waals surface area contributed by atoms with Gasteiger partial charge in [-0.25, -0.2) is 0 Å². The maximum atomic E-state index is 2.46. The van der Waals surface area contributed by atoms with Gasteiger partial charge in [0.05, 0.1) is 0 Å². The van der Waals surface area contributed by atoms with Gasteiger partial charge in [0.2, 0.25) is 0 Å². The van der Waals surface area contributed by atoms with Gasteiger partial charge in [-0.05, 0) is 11.8 Å². The molecule has 0 spiro atoms. The first-order valence-corrected chi connectivity index (χ1v) is 15.7. The van der Waals surface area contributed by atoms with Gasteiger partial charge in [0, 0.05) is 0 Å². The van der Waals surface area contributed by atoms with Gasteiger partial charge in [0.15, 0.2) is 0 Å². The molecule has 0 fully saturated rings. The minimum absolute atomic E-state index is 0.885. The van der Waals surface area contributed by atoms with Gasteiger partial charge in [0.25, 0.3) is 0 Å². The van der Waals surface area contributed by atoms with Crippen LogP contribution in [-0.4, -0.2) is 0 Å². The van der Waals surface area contributed by atoms with Gasteiger partial charge in [-0.2, -0.15) is 0 Å². The van der Waals surface area contributed by atoms with E-state index in [1.54, 1.807) is 0 Å². The third-order valence-electron chi connectivity index (χ3n) is 7.80. The second kappa shape index (κ2) is 27.2. The van der Waals surface area contributed by atoms with Crippen molar-refractivity contribution in [2.24, 2.45) is 11.8 Å². The molecule has 0 nitrogen and oxygen atoms in total. The molecule has 0 bridgehead atoms. The number of hydrogen-bond donors (Lipinski definition) is 0. The van der Waals surface area contributed by atoms with Crippen molar-refractivity contribution in [2.75, 3.05) is 0 Å². The summed E-state index contributed by atoms with van der Waals surface area (Å²) in [6.45, 7) is 9.53. The fourth-order valence-corrected chi connectivity index (χ4v) is 5.31. The Balaban J connectivity index is 3.34. The first kappa shape index (κ1) is 32.0. The lowest BCUT2D eigenvalue weighted by atomic mass is 9.85. The minimum Gasteiger partial charge on any atom is -0.0654 e. The second-order valence-corrected chi connectivity index (χ2v) is 11.4. The molecule has 32 heavy (non-hydrogen) atoms. The number of unbranched alkanes of at least 4 members (excludes halogenated alkanes) is 22. The van der Waals surface area contributed by atoms with Gasteiger partial charge in [-0.15, -0.1) is 0 Å². The van der Waals surface area contributed by atoms with Crippen molar-refractivity contribution in [3.63, 3.8) is 0 Å². The molecule has 0 aromatic rings. The van der Waals surface area contributed by atoms with E-state index in [0.717, 1.165) is 11.8 Å². The van der Waals surface area contributed by atoms with Crippen LogP contribution in [0, 0.1) is 11.8 Å². The topological polar surface area (TPSA) is 0 Å². The summed E-state index contributed by atoms with van der Waals surface area (Å²) in [7, 11) is 0. The monoisotopic (exact) mass is 451 g/mol. The molecule has 1 unspecified atom stereocenters. The van der Waals surface area contributed by atoms with E-state index < -0.39 is 0 Å². The van der Waals surface area contributed by atoms with E-state index in [4.69, 9.17) is 0 Å². The second-order valence-electron chi connectivity index (χ2n) is 11.4. The zero-order valence-corrected chi connectivity index (χ0v) is 23.5. The molecule has 0 saturated heterocycles. The molecule has 1 atom stereocenters. The fraction of sp³-hybridized carbons (Fsp3) is 1.00. The third kappa shape index (κ3) is 24.6. The van der Waals surface area contributed by atoms with Crippen LogP contribution < -0.4 is 0 Å². The Kier molecular flexibility index (Phi) is 27.2. The van der Waals surface area contributed by atoms with Crippen molar-refractivity contribution in [1.29, 1.82) is 0 Å². The molecular formula is C32H66. The SMILES string of the molecule is CCCCCCCCCCCCCCCCCCCC(CCCCCCCCC)C(C)C. The normalized spacial score (nSPS) is 12.7. The van der Waals surface area contributed by atoms with Crippen molar-refractivity contribution >= 4 is 0 Å². The molecule has 0 N–H and O–H groups in total. The predicted molar refractivity (Wildman–Crippen MR) is 150 cm³/mol. The average Bonchev–Trinajstić information content (AvgIpc) is 2.78. The van der Waals surface area contributed by atoms with Crippen LogP contribution in [0.25, 0.3) is 0 Å². The van der Waals surface area contributed by atoms with Crippen LogP contribution >= 0.6 is 0 Å². The van der Waals surface area contributed by atoms with Gasteiger partial charge < -0.3 is 0 Å². The Morgan fingerprint density at radius 1 is 0.312 bits per heavy atom. The smallest absolute Gasteiger partial charge is 0.0391 e. The number of hydrogen-bond acceptors (Lipinski definition) is 0. The highest BCUT2D eigenvalue weighted by atomic mass is 14.2. The lowest BCUT2D eigenvalue weighted by Crippen LogP contribution is -2.08. The number of rotatable bonds is 27. The maximum absolute atomic E-state index is 2.46. The molecule has 0 aliphatic carbocycles. The summed E-state index contributed by atoms with van der Waals surface area (Å²) >= 11 is 0. The molecule has 0 aliphatic rings. The molecule has 0 heteroatoms. The van der Waals surface area contributed by atoms with E-state index in [1.165, 1.54) is 167 Å². The fourth-order valence-electron chi connectivity index (χ4n) is 5.31. The molecule has 0 amide bonds. The molecule has 0 aliphatic heterocycles. The first-order chi connectivity index (χ1) is 15.7. The highest BCUT2D eigenvalue weighted by Gasteiger charge is 2.12. The summed E-state index contributed by atoms with van der Waals surface area (Å²) in [5.74, 6) is 1.87. The maximum Gasteiger partial charge on any atom is -0.0391 e. The minimum atomic E-state index is 0.885. The lowest BCUT2D eigenvalue weighted by Gasteiger charge is -2.20. The van der Waals surface area contributed by atoms with Gasteiger partial charge in [-0.1, -0.05) is 195 Å². The Morgan fingerprint density at radius 2 is 0.531 bits per heavy atom. The molecule has 0 aromatic heterocycles. The van der Waals surface area contributed by atoms with Crippen LogP contribution in [0.2, 0.25) is 0 Å². The van der Waals surface area contributed by atoms with E-state index in [2.05, 4.69) is 27.7 Å². The van der Waals surface area contributed by atoms with E-state index in [1.807, 2.05) is 0 Å². The van der Waals surface area contributed by atoms with Crippen LogP contribution in [0.4, 0.5) is 0 Å². The summed E-state index contributed by atoms with van der Waals surface area (Å²) in [4.78, 5) is 0. The molecule has 0 saturated carbocycles. The quantitative estimate of drug-likeness (QED) is 0.109. The average molecular weight is 451 g/mol. The van der Waals surface area contributed by atoms with Crippen molar-refractivity contribution in [3.05, 3.63) is 0 Å². The predicted octanol–water partition coefficient (Wildman–Crippen LogP) is 12.4. The Bertz CT molecular complexity index is 318. The van der Waals surface area contributed by atoms with Crippen LogP contribution in [0.3, 0.4) is 0 Å². The van der Waals surface area contributed by atoms with Crippen LogP contribution in [-0.2, 0) is 0 Å². The van der Waals surface area contributed by atoms with E-state index in [-0.39, 0.29) is 0 Å². The Morgan fingerprint density at radius 3 is 0.750 bits per heavy atom. The van der Waals surface area contributed by atoms with Gasteiger partial charge in [-0.3, -0.25) is 0 Å². The largest absolute Gasteiger partial charge is 0.0654 e. The third-order valence-corrected chi connectivity index (χ3v) is 7.80. The Labute approximate surface area is 206 Å². The highest BCUT2D eigenvalue weighted by molar-refractivity contribution is 4.64. The summed E-state index contributed by atoms with van der Waals surface area (Å²) in [6.07, 6.45) is 38.3. The van der Waals surface area contributed by atoms with Crippen molar-refractivity contribution in [2.45, 2.75) is 195 Å². The standard InChI is InChI=1S/C32H66/c1-5-7-9-11-13-14-15-16-17-18-19-20-21-22-24-26-28-30-32(31(3)4)29-27-25-23-12-10-8-6-2/h31-32H,5-30H2,1-4H3. The van der Waals surface area contributed by atoms with Crippen LogP contribution in [0.5, 0.6) is 0 Å². The summed E-state index contributed by atoms with van der Waals surface area (Å²) in [5.41, 5.74) is 0. The Hall–Kier alpha value is 0. The van der Waals surface area contributed by atoms with Crippen LogP contribution in [0.1, 0.15) is 195 Å². The molecule has 0 aromatic carbocycles. The summed E-state index contributed by atoms with van der Waals surface area (Å²) in [6, 6.07) is 0. The zero-order chi connectivity index (χ0) is 23.5. The molecular weight excluding hydrogens is 384 g/mol. The summed E-state index contributed by atoms with van der Waals surface area (Å²) in [5, 5.41) is 0. The van der Waals surface area contributed by atoms with Crippen LogP contribution in [0.15, 0.2) is 0 Å². The van der Waals surface area contributed by atoms with E-state index in [9.17, 15) is 0 Å². The van der Waals surface area contributed by atoms with E-state index >= 15 is 0 Å². The molecule has 0 rings (SSSR count). The highest BCUT2D eigenvalue weighted by Crippen LogP contribution is 2.25. The first-order valence-electron chi connectivity index (χ1n) is 15.7. The van der Waals surface area contributed by atoms with Crippen molar-refractivity contribution < 1.29 is 0 Å².